The average Bonchev–Trinajstić information content (AvgIpc) is 2.90. The Bertz CT molecular complexity index is 931. The number of nitrogens with one attached hydrogen (secondary N) is 1. The molecular formula is C25H27NO2. The third-order valence-electron chi connectivity index (χ3n) is 5.02. The second kappa shape index (κ2) is 9.23. The van der Waals surface area contributed by atoms with Crippen molar-refractivity contribution in [2.45, 2.75) is 39.7 Å². The molecule has 0 saturated heterocycles. The predicted octanol–water partition coefficient (Wildman–Crippen LogP) is 5.70. The molecule has 0 heterocycles. The van der Waals surface area contributed by atoms with E-state index in [9.17, 15) is 4.79 Å². The van der Waals surface area contributed by atoms with E-state index in [2.05, 4.69) is 73.8 Å². The minimum Gasteiger partial charge on any atom is -0.481 e. The second-order valence-corrected chi connectivity index (χ2v) is 7.22. The van der Waals surface area contributed by atoms with Gasteiger partial charge in [0.1, 0.15) is 0 Å². The lowest BCUT2D eigenvalue weighted by atomic mass is 9.95. The number of benzene rings is 2. The molecule has 144 valence electrons. The van der Waals surface area contributed by atoms with Gasteiger partial charge in [-0.15, -0.1) is 0 Å². The highest BCUT2D eigenvalue weighted by molar-refractivity contribution is 5.71. The van der Waals surface area contributed by atoms with Gasteiger partial charge in [-0.3, -0.25) is 4.79 Å². The number of aryl methyl sites for hydroxylation is 2. The van der Waals surface area contributed by atoms with Gasteiger partial charge in [-0.05, 0) is 66.6 Å². The summed E-state index contributed by atoms with van der Waals surface area (Å²) < 4.78 is 0. The molecule has 3 rings (SSSR count). The van der Waals surface area contributed by atoms with Crippen molar-refractivity contribution in [3.63, 3.8) is 0 Å². The van der Waals surface area contributed by atoms with Crippen LogP contribution in [0, 0.1) is 13.8 Å². The van der Waals surface area contributed by atoms with Crippen LogP contribution < -0.4 is 5.32 Å². The van der Waals surface area contributed by atoms with Gasteiger partial charge >= 0.3 is 5.97 Å². The van der Waals surface area contributed by atoms with E-state index in [-0.39, 0.29) is 6.42 Å². The van der Waals surface area contributed by atoms with Crippen molar-refractivity contribution in [2.75, 3.05) is 0 Å². The molecule has 3 nitrogen and oxygen atoms in total. The smallest absolute Gasteiger partial charge is 0.303 e. The first kappa shape index (κ1) is 19.7. The molecule has 0 unspecified atom stereocenters. The van der Waals surface area contributed by atoms with Crippen molar-refractivity contribution >= 4 is 5.97 Å². The monoisotopic (exact) mass is 373 g/mol. The number of allylic oxidation sites excluding steroid dienone is 5. The topological polar surface area (TPSA) is 49.3 Å². The summed E-state index contributed by atoms with van der Waals surface area (Å²) in [6.07, 6.45) is 9.84. The first-order chi connectivity index (χ1) is 13.5. The summed E-state index contributed by atoms with van der Waals surface area (Å²) in [7, 11) is 0. The number of hydrogen-bond acceptors (Lipinski definition) is 2. The largest absolute Gasteiger partial charge is 0.481 e. The molecule has 0 atom stereocenters. The van der Waals surface area contributed by atoms with Gasteiger partial charge in [0.15, 0.2) is 0 Å². The van der Waals surface area contributed by atoms with Crippen molar-refractivity contribution in [2.24, 2.45) is 0 Å². The predicted molar refractivity (Wildman–Crippen MR) is 115 cm³/mol. The van der Waals surface area contributed by atoms with E-state index in [1.54, 1.807) is 0 Å². The molecular weight excluding hydrogens is 346 g/mol. The molecule has 0 spiro atoms. The Hall–Kier alpha value is -3.07. The molecule has 0 bridgehead atoms. The Kier molecular flexibility index (Phi) is 6.49. The quantitative estimate of drug-likeness (QED) is 0.655. The van der Waals surface area contributed by atoms with Crippen LogP contribution in [0.3, 0.4) is 0 Å². The average molecular weight is 373 g/mol. The maximum Gasteiger partial charge on any atom is 0.303 e. The Morgan fingerprint density at radius 2 is 1.79 bits per heavy atom. The van der Waals surface area contributed by atoms with Crippen molar-refractivity contribution < 1.29 is 9.90 Å². The Morgan fingerprint density at radius 3 is 2.54 bits per heavy atom. The molecule has 2 N–H and O–H groups in total. The van der Waals surface area contributed by atoms with Crippen LogP contribution >= 0.6 is 0 Å². The van der Waals surface area contributed by atoms with Crippen LogP contribution in [0.15, 0.2) is 78.0 Å². The second-order valence-electron chi connectivity index (χ2n) is 7.22. The first-order valence-corrected chi connectivity index (χ1v) is 9.71. The standard InChI is InChI=1S/C25H27NO2/c1-18-6-3-7-19(2)25(18)22-10-4-9-21(16-22)17-26-23-11-5-8-20(12-14-23)13-15-24(27)28/h3-4,6-12,14,16,26H,5,13,15,17H2,1-2H3,(H,27,28). The third-order valence-corrected chi connectivity index (χ3v) is 5.02. The van der Waals surface area contributed by atoms with Crippen molar-refractivity contribution in [1.82, 2.24) is 5.32 Å². The van der Waals surface area contributed by atoms with E-state index in [0.29, 0.717) is 6.42 Å². The van der Waals surface area contributed by atoms with Gasteiger partial charge in [0.25, 0.3) is 0 Å². The van der Waals surface area contributed by atoms with Crippen LogP contribution in [0.4, 0.5) is 0 Å². The van der Waals surface area contributed by atoms with Crippen molar-refractivity contribution in [3.05, 3.63) is 94.7 Å². The third kappa shape index (κ3) is 5.23. The van der Waals surface area contributed by atoms with Crippen molar-refractivity contribution in [1.29, 1.82) is 0 Å². The Morgan fingerprint density at radius 1 is 1.04 bits per heavy atom. The van der Waals surface area contributed by atoms with Crippen LogP contribution in [0.2, 0.25) is 0 Å². The maximum absolute atomic E-state index is 10.7. The van der Waals surface area contributed by atoms with Crippen LogP contribution in [-0.4, -0.2) is 11.1 Å². The fraction of sp³-hybridized carbons (Fsp3) is 0.240. The molecule has 2 aromatic carbocycles. The zero-order chi connectivity index (χ0) is 19.9. The van der Waals surface area contributed by atoms with Gasteiger partial charge in [0.2, 0.25) is 0 Å². The zero-order valence-electron chi connectivity index (χ0n) is 16.5. The molecule has 0 saturated carbocycles. The van der Waals surface area contributed by atoms with Gasteiger partial charge in [0.05, 0.1) is 0 Å². The zero-order valence-corrected chi connectivity index (χ0v) is 16.5. The van der Waals surface area contributed by atoms with Gasteiger partial charge in [0, 0.05) is 18.7 Å². The molecule has 0 amide bonds. The molecule has 0 fully saturated rings. The summed E-state index contributed by atoms with van der Waals surface area (Å²) in [6.45, 7) is 5.06. The molecule has 0 aliphatic heterocycles. The van der Waals surface area contributed by atoms with E-state index in [1.165, 1.54) is 27.8 Å². The highest BCUT2D eigenvalue weighted by Gasteiger charge is 2.07. The van der Waals surface area contributed by atoms with Crippen LogP contribution in [0.1, 0.15) is 36.0 Å². The highest BCUT2D eigenvalue weighted by Crippen LogP contribution is 2.27. The number of rotatable bonds is 7. The maximum atomic E-state index is 10.7. The highest BCUT2D eigenvalue weighted by atomic mass is 16.4. The van der Waals surface area contributed by atoms with Crippen LogP contribution in [0.5, 0.6) is 0 Å². The molecule has 0 aromatic heterocycles. The summed E-state index contributed by atoms with van der Waals surface area (Å²) in [5.74, 6) is -0.756. The lowest BCUT2D eigenvalue weighted by Crippen LogP contribution is -2.11. The fourth-order valence-corrected chi connectivity index (χ4v) is 3.55. The minimum absolute atomic E-state index is 0.171. The normalized spacial score (nSPS) is 13.5. The van der Waals surface area contributed by atoms with Gasteiger partial charge in [-0.2, -0.15) is 0 Å². The number of aliphatic carboxylic acids is 1. The molecule has 0 radical (unpaired) electrons. The van der Waals surface area contributed by atoms with Gasteiger partial charge in [-0.25, -0.2) is 0 Å². The number of carboxylic acids is 1. The molecule has 28 heavy (non-hydrogen) atoms. The van der Waals surface area contributed by atoms with E-state index >= 15 is 0 Å². The van der Waals surface area contributed by atoms with Gasteiger partial charge < -0.3 is 10.4 Å². The molecule has 1 aliphatic rings. The first-order valence-electron chi connectivity index (χ1n) is 9.71. The lowest BCUT2D eigenvalue weighted by Gasteiger charge is -2.12. The minimum atomic E-state index is -0.756. The SMILES string of the molecule is Cc1cccc(C)c1-c1cccc(CNC2=CCC=C(CCC(=O)O)C=C2)c1. The van der Waals surface area contributed by atoms with Crippen LogP contribution in [-0.2, 0) is 11.3 Å². The summed E-state index contributed by atoms with van der Waals surface area (Å²) in [6, 6.07) is 15.1. The van der Waals surface area contributed by atoms with Gasteiger partial charge in [-0.1, -0.05) is 60.2 Å². The summed E-state index contributed by atoms with van der Waals surface area (Å²) in [4.78, 5) is 10.7. The Balaban J connectivity index is 1.65. The Labute approximate surface area is 167 Å². The summed E-state index contributed by atoms with van der Waals surface area (Å²) >= 11 is 0. The molecule has 3 heteroatoms. The van der Waals surface area contributed by atoms with Crippen molar-refractivity contribution in [3.8, 4) is 11.1 Å². The fourth-order valence-electron chi connectivity index (χ4n) is 3.55. The van der Waals surface area contributed by atoms with E-state index < -0.39 is 5.97 Å². The lowest BCUT2D eigenvalue weighted by molar-refractivity contribution is -0.136. The number of carboxylic acid groups (broad SMARTS) is 1. The number of hydrogen-bond donors (Lipinski definition) is 2. The number of carbonyl (C=O) groups is 1. The molecule has 1 aliphatic carbocycles. The van der Waals surface area contributed by atoms with E-state index in [0.717, 1.165) is 24.2 Å². The van der Waals surface area contributed by atoms with Crippen LogP contribution in [0.25, 0.3) is 11.1 Å². The van der Waals surface area contributed by atoms with E-state index in [4.69, 9.17) is 5.11 Å². The summed E-state index contributed by atoms with van der Waals surface area (Å²) in [5.41, 5.74) is 8.52. The molecule has 2 aromatic rings. The summed E-state index contributed by atoms with van der Waals surface area (Å²) in [5, 5.41) is 12.3. The van der Waals surface area contributed by atoms with E-state index in [1.807, 2.05) is 12.2 Å².